The third kappa shape index (κ3) is 2.82. The van der Waals surface area contributed by atoms with Crippen molar-refractivity contribution in [2.45, 2.75) is 17.8 Å². The zero-order valence-corrected chi connectivity index (χ0v) is 13.4. The molecule has 1 fully saturated rings. The molecule has 0 spiro atoms. The molecule has 1 aromatic carbocycles. The van der Waals surface area contributed by atoms with E-state index in [1.54, 1.807) is 11.8 Å². The molecule has 3 rings (SSSR count). The summed E-state index contributed by atoms with van der Waals surface area (Å²) in [6.45, 7) is 0. The fraction of sp³-hybridized carbons (Fsp3) is 0.462. The van der Waals surface area contributed by atoms with E-state index >= 15 is 0 Å². The highest BCUT2D eigenvalue weighted by molar-refractivity contribution is 8.13. The lowest BCUT2D eigenvalue weighted by molar-refractivity contribution is 0.410. The van der Waals surface area contributed by atoms with Gasteiger partial charge in [0.15, 0.2) is 15.0 Å². The van der Waals surface area contributed by atoms with Gasteiger partial charge in [-0.15, -0.1) is 0 Å². The lowest BCUT2D eigenvalue weighted by Crippen LogP contribution is -2.35. The predicted octanol–water partition coefficient (Wildman–Crippen LogP) is 2.04. The third-order valence-corrected chi connectivity index (χ3v) is 6.69. The van der Waals surface area contributed by atoms with Crippen LogP contribution in [-0.4, -0.2) is 49.1 Å². The Morgan fingerprint density at radius 3 is 2.95 bits per heavy atom. The first-order chi connectivity index (χ1) is 9.44. The highest BCUT2D eigenvalue weighted by Crippen LogP contribution is 2.31. The van der Waals surface area contributed by atoms with Crippen molar-refractivity contribution < 1.29 is 8.42 Å². The number of fused-ring (bicyclic) bond motifs is 1. The molecular formula is C13H15ClN2O2S2. The zero-order valence-electron chi connectivity index (χ0n) is 11.0. The topological polar surface area (TPSA) is 49.7 Å². The fourth-order valence-electron chi connectivity index (χ4n) is 2.59. The number of rotatable bonds is 2. The minimum atomic E-state index is -2.91. The van der Waals surface area contributed by atoms with Crippen LogP contribution in [0.4, 0.5) is 0 Å². The molecule has 7 heteroatoms. The number of sulfone groups is 1. The van der Waals surface area contributed by atoms with Crippen molar-refractivity contribution in [3.63, 3.8) is 0 Å². The van der Waals surface area contributed by atoms with Crippen LogP contribution in [0, 0.1) is 0 Å². The molecule has 0 aliphatic carbocycles. The highest BCUT2D eigenvalue weighted by Gasteiger charge is 2.44. The Morgan fingerprint density at radius 1 is 1.45 bits per heavy atom. The van der Waals surface area contributed by atoms with Crippen LogP contribution < -0.4 is 0 Å². The molecule has 0 N–H and O–H groups in total. The first-order valence-corrected chi connectivity index (χ1v) is 9.51. The monoisotopic (exact) mass is 330 g/mol. The smallest absolute Gasteiger partial charge is 0.159 e. The van der Waals surface area contributed by atoms with Gasteiger partial charge in [-0.1, -0.05) is 35.5 Å². The van der Waals surface area contributed by atoms with Gasteiger partial charge in [-0.3, -0.25) is 4.99 Å². The number of benzene rings is 1. The molecule has 1 saturated heterocycles. The molecule has 2 unspecified atom stereocenters. The summed E-state index contributed by atoms with van der Waals surface area (Å²) in [5.41, 5.74) is 1.14. The lowest BCUT2D eigenvalue weighted by Gasteiger charge is -2.20. The van der Waals surface area contributed by atoms with Crippen molar-refractivity contribution in [1.29, 1.82) is 0 Å². The second kappa shape index (κ2) is 5.24. The van der Waals surface area contributed by atoms with Crippen LogP contribution in [0.1, 0.15) is 5.56 Å². The van der Waals surface area contributed by atoms with Crippen LogP contribution in [0.15, 0.2) is 29.3 Å². The molecule has 2 aliphatic heterocycles. The number of aliphatic imine (C=N–C) groups is 1. The standard InChI is InChI=1S/C13H15ClN2O2S2/c1-16-12-8-20(17,18)7-11(12)15-13(16)19-6-9-3-2-4-10(14)5-9/h2-5,11-12H,6-8H2,1H3. The summed E-state index contributed by atoms with van der Waals surface area (Å²) in [7, 11) is -0.984. The zero-order chi connectivity index (χ0) is 14.3. The van der Waals surface area contributed by atoms with E-state index in [1.807, 2.05) is 36.2 Å². The van der Waals surface area contributed by atoms with Crippen LogP contribution in [0.3, 0.4) is 0 Å². The van der Waals surface area contributed by atoms with Crippen molar-refractivity contribution in [3.8, 4) is 0 Å². The minimum absolute atomic E-state index is 0.0156. The van der Waals surface area contributed by atoms with Gasteiger partial charge < -0.3 is 4.90 Å². The van der Waals surface area contributed by atoms with Crippen molar-refractivity contribution in [1.82, 2.24) is 4.90 Å². The van der Waals surface area contributed by atoms with Crippen LogP contribution >= 0.6 is 23.4 Å². The molecule has 0 radical (unpaired) electrons. The number of halogens is 1. The maximum absolute atomic E-state index is 11.6. The highest BCUT2D eigenvalue weighted by atomic mass is 35.5. The molecule has 108 valence electrons. The predicted molar refractivity (Wildman–Crippen MR) is 84.2 cm³/mol. The van der Waals surface area contributed by atoms with Gasteiger partial charge in [0, 0.05) is 17.8 Å². The van der Waals surface area contributed by atoms with Gasteiger partial charge in [-0.2, -0.15) is 0 Å². The van der Waals surface area contributed by atoms with Gasteiger partial charge in [-0.05, 0) is 17.7 Å². The lowest BCUT2D eigenvalue weighted by atomic mass is 10.2. The molecular weight excluding hydrogens is 316 g/mol. The van der Waals surface area contributed by atoms with E-state index in [0.717, 1.165) is 21.5 Å². The summed E-state index contributed by atoms with van der Waals surface area (Å²) >= 11 is 7.59. The van der Waals surface area contributed by atoms with Crippen LogP contribution in [-0.2, 0) is 15.6 Å². The normalized spacial score (nSPS) is 27.5. The Kier molecular flexibility index (Phi) is 3.73. The minimum Gasteiger partial charge on any atom is -0.348 e. The Hall–Kier alpha value is -0.720. The Labute approximate surface area is 128 Å². The first-order valence-electron chi connectivity index (χ1n) is 6.33. The Morgan fingerprint density at radius 2 is 2.25 bits per heavy atom. The van der Waals surface area contributed by atoms with E-state index in [2.05, 4.69) is 4.99 Å². The molecule has 20 heavy (non-hydrogen) atoms. The van der Waals surface area contributed by atoms with Gasteiger partial charge >= 0.3 is 0 Å². The summed E-state index contributed by atoms with van der Waals surface area (Å²) < 4.78 is 23.2. The number of nitrogens with zero attached hydrogens (tertiary/aromatic N) is 2. The fourth-order valence-corrected chi connectivity index (χ4v) is 5.75. The van der Waals surface area contributed by atoms with Crippen molar-refractivity contribution in [2.75, 3.05) is 18.6 Å². The second-order valence-corrected chi connectivity index (χ2v) is 8.69. The van der Waals surface area contributed by atoms with Gasteiger partial charge in [0.1, 0.15) is 0 Å². The maximum Gasteiger partial charge on any atom is 0.159 e. The summed E-state index contributed by atoms with van der Waals surface area (Å²) in [4.78, 5) is 6.56. The van der Waals surface area contributed by atoms with E-state index < -0.39 is 9.84 Å². The largest absolute Gasteiger partial charge is 0.348 e. The first kappa shape index (κ1) is 14.2. The number of likely N-dealkylation sites (N-methyl/N-ethyl adjacent to an activating group) is 1. The van der Waals surface area contributed by atoms with Crippen molar-refractivity contribution in [2.24, 2.45) is 4.99 Å². The van der Waals surface area contributed by atoms with E-state index in [-0.39, 0.29) is 23.6 Å². The average molecular weight is 331 g/mol. The van der Waals surface area contributed by atoms with E-state index in [1.165, 1.54) is 0 Å². The molecule has 2 aliphatic rings. The van der Waals surface area contributed by atoms with Crippen LogP contribution in [0.25, 0.3) is 0 Å². The molecule has 0 saturated carbocycles. The van der Waals surface area contributed by atoms with E-state index in [9.17, 15) is 8.42 Å². The molecule has 2 atom stereocenters. The molecule has 0 bridgehead atoms. The number of hydrogen-bond acceptors (Lipinski definition) is 5. The van der Waals surface area contributed by atoms with Crippen molar-refractivity contribution in [3.05, 3.63) is 34.9 Å². The summed E-state index contributed by atoms with van der Waals surface area (Å²) in [6, 6.07) is 7.67. The van der Waals surface area contributed by atoms with Crippen molar-refractivity contribution >= 4 is 38.4 Å². The SMILES string of the molecule is CN1C(SCc2cccc(Cl)c2)=NC2CS(=O)(=O)CC21. The van der Waals surface area contributed by atoms with Gasteiger partial charge in [0.2, 0.25) is 0 Å². The molecule has 4 nitrogen and oxygen atoms in total. The van der Waals surface area contributed by atoms with Crippen LogP contribution in [0.5, 0.6) is 0 Å². The molecule has 0 amide bonds. The summed E-state index contributed by atoms with van der Waals surface area (Å²) in [5.74, 6) is 1.19. The molecule has 1 aromatic rings. The number of hydrogen-bond donors (Lipinski definition) is 0. The Bertz CT molecular complexity index is 660. The van der Waals surface area contributed by atoms with Gasteiger partial charge in [-0.25, -0.2) is 8.42 Å². The maximum atomic E-state index is 11.6. The van der Waals surface area contributed by atoms with E-state index in [4.69, 9.17) is 11.6 Å². The van der Waals surface area contributed by atoms with Crippen LogP contribution in [0.2, 0.25) is 5.02 Å². The summed E-state index contributed by atoms with van der Waals surface area (Å²) in [6.07, 6.45) is 0. The van der Waals surface area contributed by atoms with Gasteiger partial charge in [0.05, 0.1) is 23.6 Å². The Balaban J connectivity index is 1.68. The van der Waals surface area contributed by atoms with E-state index in [0.29, 0.717) is 0 Å². The molecule has 2 heterocycles. The average Bonchev–Trinajstić information content (AvgIpc) is 2.81. The second-order valence-electron chi connectivity index (χ2n) is 5.15. The molecule has 0 aromatic heterocycles. The number of thioether (sulfide) groups is 1. The van der Waals surface area contributed by atoms with Gasteiger partial charge in [0.25, 0.3) is 0 Å². The third-order valence-electron chi connectivity index (χ3n) is 3.63. The number of amidine groups is 1. The summed E-state index contributed by atoms with van der Waals surface area (Å²) in [5, 5.41) is 1.66. The quantitative estimate of drug-likeness (QED) is 0.832.